The zero-order valence-electron chi connectivity index (χ0n) is 15.9. The number of aliphatic hydroxyl groups excluding tert-OH is 1. The lowest BCUT2D eigenvalue weighted by Crippen LogP contribution is -2.47. The van der Waals surface area contributed by atoms with Crippen LogP contribution in [0.3, 0.4) is 0 Å². The fraction of sp³-hybridized carbons (Fsp3) is 0.364. The Morgan fingerprint density at radius 3 is 2.86 bits per heavy atom. The molecule has 1 saturated heterocycles. The Kier molecular flexibility index (Phi) is 4.81. The van der Waals surface area contributed by atoms with Gasteiger partial charge < -0.3 is 15.2 Å². The summed E-state index contributed by atoms with van der Waals surface area (Å²) in [5.41, 5.74) is 2.00. The van der Waals surface area contributed by atoms with Crippen molar-refractivity contribution in [3.05, 3.63) is 65.2 Å². The summed E-state index contributed by atoms with van der Waals surface area (Å²) < 4.78 is 5.60. The highest BCUT2D eigenvalue weighted by molar-refractivity contribution is 6.07. The molecule has 1 heterocycles. The molecule has 146 valence electrons. The van der Waals surface area contributed by atoms with Crippen LogP contribution in [0.4, 0.5) is 4.79 Å². The number of carbonyl (C=O) groups excluding carboxylic acids is 2. The topological polar surface area (TPSA) is 78.9 Å². The molecule has 6 nitrogen and oxygen atoms in total. The first kappa shape index (κ1) is 18.5. The smallest absolute Gasteiger partial charge is 0.325 e. The summed E-state index contributed by atoms with van der Waals surface area (Å²) in [5.74, 6) is 0.355. The van der Waals surface area contributed by atoms with Crippen LogP contribution in [0.2, 0.25) is 0 Å². The van der Waals surface area contributed by atoms with E-state index in [1.807, 2.05) is 49.4 Å². The number of nitrogens with one attached hydrogen (secondary N) is 1. The minimum absolute atomic E-state index is 0.00407. The van der Waals surface area contributed by atoms with Crippen molar-refractivity contribution in [1.82, 2.24) is 10.2 Å². The molecule has 4 rings (SSSR count). The Labute approximate surface area is 164 Å². The molecule has 2 aliphatic rings. The Bertz CT molecular complexity index is 913. The number of nitrogens with zero attached hydrogens (tertiary/aromatic N) is 1. The van der Waals surface area contributed by atoms with E-state index >= 15 is 0 Å². The van der Waals surface area contributed by atoms with E-state index in [0.717, 1.165) is 34.4 Å². The van der Waals surface area contributed by atoms with Gasteiger partial charge in [-0.1, -0.05) is 36.4 Å². The summed E-state index contributed by atoms with van der Waals surface area (Å²) in [7, 11) is 0. The highest BCUT2D eigenvalue weighted by Crippen LogP contribution is 2.39. The van der Waals surface area contributed by atoms with Gasteiger partial charge in [0.1, 0.15) is 24.0 Å². The molecular weight excluding hydrogens is 356 g/mol. The maximum Gasteiger partial charge on any atom is 0.325 e. The molecule has 0 bridgehead atoms. The highest BCUT2D eigenvalue weighted by Gasteiger charge is 2.54. The second kappa shape index (κ2) is 7.28. The second-order valence-corrected chi connectivity index (χ2v) is 7.54. The molecule has 2 aromatic rings. The van der Waals surface area contributed by atoms with Gasteiger partial charge in [-0.15, -0.1) is 0 Å². The van der Waals surface area contributed by atoms with Crippen molar-refractivity contribution >= 4 is 11.9 Å². The van der Waals surface area contributed by atoms with Crippen LogP contribution in [0.25, 0.3) is 0 Å². The van der Waals surface area contributed by atoms with E-state index in [4.69, 9.17) is 4.74 Å². The van der Waals surface area contributed by atoms with Gasteiger partial charge in [-0.05, 0) is 55.0 Å². The van der Waals surface area contributed by atoms with E-state index in [2.05, 4.69) is 5.32 Å². The Morgan fingerprint density at radius 2 is 2.04 bits per heavy atom. The van der Waals surface area contributed by atoms with Crippen molar-refractivity contribution in [2.24, 2.45) is 0 Å². The largest absolute Gasteiger partial charge is 0.491 e. The molecule has 2 atom stereocenters. The number of amides is 3. The van der Waals surface area contributed by atoms with Crippen LogP contribution < -0.4 is 10.1 Å². The van der Waals surface area contributed by atoms with Gasteiger partial charge in [0, 0.05) is 0 Å². The first-order valence-electron chi connectivity index (χ1n) is 9.60. The number of carbonyl (C=O) groups is 2. The molecule has 2 aromatic carbocycles. The predicted molar refractivity (Wildman–Crippen MR) is 104 cm³/mol. The van der Waals surface area contributed by atoms with Gasteiger partial charge in [0.05, 0.1) is 6.54 Å². The number of ether oxygens (including phenoxy) is 1. The molecule has 1 fully saturated rings. The van der Waals surface area contributed by atoms with Gasteiger partial charge in [-0.25, -0.2) is 4.79 Å². The summed E-state index contributed by atoms with van der Waals surface area (Å²) in [6.07, 6.45) is 1.33. The van der Waals surface area contributed by atoms with Gasteiger partial charge in [-0.3, -0.25) is 9.69 Å². The minimum Gasteiger partial charge on any atom is -0.491 e. The number of rotatable bonds is 5. The summed E-state index contributed by atoms with van der Waals surface area (Å²) in [4.78, 5) is 26.9. The number of urea groups is 1. The molecule has 1 aliphatic carbocycles. The van der Waals surface area contributed by atoms with Gasteiger partial charge in [-0.2, -0.15) is 0 Å². The van der Waals surface area contributed by atoms with Crippen LogP contribution in [0, 0.1) is 6.92 Å². The first-order chi connectivity index (χ1) is 13.5. The molecule has 2 N–H and O–H groups in total. The number of hydrogen-bond donors (Lipinski definition) is 2. The molecule has 28 heavy (non-hydrogen) atoms. The third kappa shape index (κ3) is 3.24. The zero-order chi connectivity index (χ0) is 19.7. The number of imide groups is 1. The standard InChI is InChI=1S/C22H24N2O4/c1-15-6-4-9-18(12-15)28-14-17(25)13-24-20(26)22(23-21(24)27)11-5-8-16-7-2-3-10-19(16)22/h2-4,6-7,9-10,12,17,25H,5,8,11,13-14H2,1H3,(H,23,27)/t17-,22+/m1/s1. The van der Waals surface area contributed by atoms with E-state index < -0.39 is 17.7 Å². The van der Waals surface area contributed by atoms with Crippen LogP contribution in [-0.2, 0) is 16.8 Å². The molecule has 0 unspecified atom stereocenters. The Balaban J connectivity index is 1.46. The zero-order valence-corrected chi connectivity index (χ0v) is 15.9. The van der Waals surface area contributed by atoms with Gasteiger partial charge in [0.2, 0.25) is 0 Å². The van der Waals surface area contributed by atoms with E-state index in [1.54, 1.807) is 6.07 Å². The summed E-state index contributed by atoms with van der Waals surface area (Å²) in [6, 6.07) is 14.8. The van der Waals surface area contributed by atoms with Crippen molar-refractivity contribution in [3.63, 3.8) is 0 Å². The lowest BCUT2D eigenvalue weighted by Gasteiger charge is -2.33. The summed E-state index contributed by atoms with van der Waals surface area (Å²) >= 11 is 0. The number of fused-ring (bicyclic) bond motifs is 2. The van der Waals surface area contributed by atoms with Crippen molar-refractivity contribution in [2.75, 3.05) is 13.2 Å². The van der Waals surface area contributed by atoms with Crippen LogP contribution in [0.1, 0.15) is 29.5 Å². The average Bonchev–Trinajstić information content (AvgIpc) is 2.92. The molecule has 0 aromatic heterocycles. The average molecular weight is 380 g/mol. The third-order valence-corrected chi connectivity index (χ3v) is 5.48. The lowest BCUT2D eigenvalue weighted by atomic mass is 9.76. The first-order valence-corrected chi connectivity index (χ1v) is 9.60. The van der Waals surface area contributed by atoms with Gasteiger partial charge in [0.25, 0.3) is 5.91 Å². The van der Waals surface area contributed by atoms with Crippen molar-refractivity contribution < 1.29 is 19.4 Å². The minimum atomic E-state index is -1.01. The van der Waals surface area contributed by atoms with Crippen molar-refractivity contribution in [3.8, 4) is 5.75 Å². The highest BCUT2D eigenvalue weighted by atomic mass is 16.5. The lowest BCUT2D eigenvalue weighted by molar-refractivity contribution is -0.133. The number of aryl methyl sites for hydroxylation is 2. The fourth-order valence-corrected chi connectivity index (χ4v) is 4.14. The van der Waals surface area contributed by atoms with Crippen LogP contribution in [0.15, 0.2) is 48.5 Å². The van der Waals surface area contributed by atoms with Crippen LogP contribution in [0.5, 0.6) is 5.75 Å². The Morgan fingerprint density at radius 1 is 1.21 bits per heavy atom. The van der Waals surface area contributed by atoms with Gasteiger partial charge >= 0.3 is 6.03 Å². The summed E-state index contributed by atoms with van der Waals surface area (Å²) in [6.45, 7) is 1.86. The number of β-amino-alcohol motifs (C(OH)–C–C–N with tert-alkyl or cyclic N) is 1. The fourth-order valence-electron chi connectivity index (χ4n) is 4.14. The molecule has 1 aliphatic heterocycles. The number of benzene rings is 2. The van der Waals surface area contributed by atoms with Crippen molar-refractivity contribution in [2.45, 2.75) is 37.8 Å². The van der Waals surface area contributed by atoms with E-state index in [0.29, 0.717) is 12.2 Å². The second-order valence-electron chi connectivity index (χ2n) is 7.54. The molecule has 0 radical (unpaired) electrons. The number of aliphatic hydroxyl groups is 1. The van der Waals surface area contributed by atoms with E-state index in [9.17, 15) is 14.7 Å². The molecular formula is C22H24N2O4. The van der Waals surface area contributed by atoms with Crippen LogP contribution in [-0.4, -0.2) is 41.2 Å². The monoisotopic (exact) mass is 380 g/mol. The SMILES string of the molecule is Cc1cccc(OC[C@H](O)CN2C(=O)N[C@]3(CCCc4ccccc43)C2=O)c1. The number of hydrogen-bond acceptors (Lipinski definition) is 4. The Hall–Kier alpha value is -2.86. The maximum atomic E-state index is 13.2. The third-order valence-electron chi connectivity index (χ3n) is 5.48. The van der Waals surface area contributed by atoms with Crippen molar-refractivity contribution in [1.29, 1.82) is 0 Å². The molecule has 6 heteroatoms. The quantitative estimate of drug-likeness (QED) is 0.782. The normalized spacial score (nSPS) is 22.1. The van der Waals surface area contributed by atoms with E-state index in [-0.39, 0.29) is 19.1 Å². The van der Waals surface area contributed by atoms with Gasteiger partial charge in [0.15, 0.2) is 0 Å². The molecule has 3 amide bonds. The van der Waals surface area contributed by atoms with E-state index in [1.165, 1.54) is 0 Å². The molecule has 1 spiro atoms. The predicted octanol–water partition coefficient (Wildman–Crippen LogP) is 2.52. The molecule has 0 saturated carbocycles. The maximum absolute atomic E-state index is 13.2. The van der Waals surface area contributed by atoms with Crippen LogP contribution >= 0.6 is 0 Å². The summed E-state index contributed by atoms with van der Waals surface area (Å²) in [5, 5.41) is 13.3.